The molecule has 0 saturated carbocycles. The van der Waals surface area contributed by atoms with E-state index in [4.69, 9.17) is 0 Å². The summed E-state index contributed by atoms with van der Waals surface area (Å²) in [6.45, 7) is 5.01. The smallest absolute Gasteiger partial charge is 0.220 e. The third-order valence-corrected chi connectivity index (χ3v) is 16.8. The number of aliphatic hydroxyl groups excluding tert-OH is 1. The number of rotatable bonds is 67. The lowest BCUT2D eigenvalue weighted by Crippen LogP contribution is -2.31. The van der Waals surface area contributed by atoms with Crippen LogP contribution in [0.3, 0.4) is 0 Å². The van der Waals surface area contributed by atoms with Crippen molar-refractivity contribution in [3.05, 3.63) is 0 Å². The predicted octanol–water partition coefficient (Wildman–Crippen LogP) is 24.0. The van der Waals surface area contributed by atoms with Gasteiger partial charge in [-0.25, -0.2) is 0 Å². The molecule has 74 heavy (non-hydrogen) atoms. The average Bonchev–Trinajstić information content (AvgIpc) is 3.40. The van der Waals surface area contributed by atoms with Crippen molar-refractivity contribution in [3.8, 4) is 0 Å². The molecule has 0 radical (unpaired) electrons. The molecule has 4 nitrogen and oxygen atoms in total. The van der Waals surface area contributed by atoms with Gasteiger partial charge in [0.25, 0.3) is 0 Å². The molecule has 0 aromatic rings. The molecule has 0 spiro atoms. The Bertz CT molecular complexity index is 1040. The summed E-state index contributed by atoms with van der Waals surface area (Å²) in [5, 5.41) is 13.3. The first-order valence-corrected chi connectivity index (χ1v) is 35.1. The molecular formula is C70H139NO3. The Morgan fingerprint density at radius 1 is 0.257 bits per heavy atom. The fourth-order valence-electron chi connectivity index (χ4n) is 11.5. The van der Waals surface area contributed by atoms with E-state index in [2.05, 4.69) is 19.2 Å². The second kappa shape index (κ2) is 66.4. The highest BCUT2D eigenvalue weighted by Crippen LogP contribution is 2.20. The van der Waals surface area contributed by atoms with Crippen molar-refractivity contribution in [1.29, 1.82) is 0 Å². The van der Waals surface area contributed by atoms with Crippen molar-refractivity contribution in [2.24, 2.45) is 0 Å². The normalized spacial score (nSPS) is 12.0. The maximum absolute atomic E-state index is 12.3. The van der Waals surface area contributed by atoms with Gasteiger partial charge in [0.2, 0.25) is 5.91 Å². The number of amides is 1. The van der Waals surface area contributed by atoms with Crippen LogP contribution in [-0.4, -0.2) is 29.4 Å². The number of Topliss-reactive ketones (excluding diaryl/α,β-unsaturated/α-hetero) is 1. The van der Waals surface area contributed by atoms with Crippen LogP contribution in [0.2, 0.25) is 0 Å². The zero-order valence-electron chi connectivity index (χ0n) is 51.3. The maximum atomic E-state index is 12.3. The molecule has 0 bridgehead atoms. The molecule has 0 saturated heterocycles. The largest absolute Gasteiger partial charge is 0.391 e. The SMILES string of the molecule is CCCCCCCCCCCCCCCCCCCC(=O)CCCCCCCCCCCCCCCCCCCCCCCCCCCCCC(=O)NC[C@H](O)CCCCCCCCCCCCCCCCCC. The third kappa shape index (κ3) is 65.4. The summed E-state index contributed by atoms with van der Waals surface area (Å²) in [5.74, 6) is 0.644. The summed E-state index contributed by atoms with van der Waals surface area (Å²) in [7, 11) is 0. The fraction of sp³-hybridized carbons (Fsp3) is 0.971. The Balaban J connectivity index is 3.22. The minimum atomic E-state index is -0.391. The molecule has 2 N–H and O–H groups in total. The third-order valence-electron chi connectivity index (χ3n) is 16.8. The van der Waals surface area contributed by atoms with Crippen LogP contribution in [-0.2, 0) is 9.59 Å². The van der Waals surface area contributed by atoms with Crippen LogP contribution < -0.4 is 5.32 Å². The molecule has 0 heterocycles. The van der Waals surface area contributed by atoms with E-state index in [0.29, 0.717) is 18.7 Å². The zero-order valence-corrected chi connectivity index (χ0v) is 51.3. The van der Waals surface area contributed by atoms with Crippen molar-refractivity contribution in [3.63, 3.8) is 0 Å². The van der Waals surface area contributed by atoms with Gasteiger partial charge in [-0.05, 0) is 25.7 Å². The van der Waals surface area contributed by atoms with Gasteiger partial charge >= 0.3 is 0 Å². The summed E-state index contributed by atoms with van der Waals surface area (Å²) in [4.78, 5) is 24.6. The number of unbranched alkanes of at least 4 members (excludes halogenated alkanes) is 57. The molecule has 0 aliphatic rings. The van der Waals surface area contributed by atoms with Gasteiger partial charge in [0, 0.05) is 25.8 Å². The number of hydrogen-bond acceptors (Lipinski definition) is 3. The average molecular weight is 1040 g/mol. The molecule has 0 unspecified atom stereocenters. The van der Waals surface area contributed by atoms with Crippen LogP contribution in [0.25, 0.3) is 0 Å². The highest BCUT2D eigenvalue weighted by atomic mass is 16.3. The Morgan fingerprint density at radius 2 is 0.432 bits per heavy atom. The topological polar surface area (TPSA) is 66.4 Å². The van der Waals surface area contributed by atoms with Gasteiger partial charge in [-0.2, -0.15) is 0 Å². The van der Waals surface area contributed by atoms with Crippen LogP contribution in [0.1, 0.15) is 425 Å². The minimum absolute atomic E-state index is 0.118. The van der Waals surface area contributed by atoms with E-state index in [9.17, 15) is 14.7 Å². The van der Waals surface area contributed by atoms with E-state index >= 15 is 0 Å². The summed E-state index contributed by atoms with van der Waals surface area (Å²) in [6, 6.07) is 0. The first-order valence-electron chi connectivity index (χ1n) is 35.1. The lowest BCUT2D eigenvalue weighted by molar-refractivity contribution is -0.121. The summed E-state index contributed by atoms with van der Waals surface area (Å²) in [6.07, 6.45) is 85.1. The fourth-order valence-corrected chi connectivity index (χ4v) is 11.5. The molecule has 0 aromatic carbocycles. The second-order valence-corrected chi connectivity index (χ2v) is 24.5. The van der Waals surface area contributed by atoms with Crippen molar-refractivity contribution < 1.29 is 14.7 Å². The van der Waals surface area contributed by atoms with Crippen LogP contribution in [0.4, 0.5) is 0 Å². The van der Waals surface area contributed by atoms with E-state index in [1.807, 2.05) is 0 Å². The van der Waals surface area contributed by atoms with Crippen molar-refractivity contribution >= 4 is 11.7 Å². The quantitative estimate of drug-likeness (QED) is 0.0597. The number of carbonyl (C=O) groups is 2. The summed E-state index contributed by atoms with van der Waals surface area (Å²) < 4.78 is 0. The van der Waals surface area contributed by atoms with Crippen molar-refractivity contribution in [2.45, 2.75) is 431 Å². The number of nitrogens with one attached hydrogen (secondary N) is 1. The zero-order chi connectivity index (χ0) is 53.4. The predicted molar refractivity (Wildman–Crippen MR) is 331 cm³/mol. The van der Waals surface area contributed by atoms with E-state index in [1.54, 1.807) is 0 Å². The van der Waals surface area contributed by atoms with Gasteiger partial charge < -0.3 is 10.4 Å². The first-order chi connectivity index (χ1) is 36.6. The Hall–Kier alpha value is -0.900. The number of carbonyl (C=O) groups excluding carboxylic acids is 2. The lowest BCUT2D eigenvalue weighted by Gasteiger charge is -2.12. The molecular weight excluding hydrogens is 903 g/mol. The molecule has 0 rings (SSSR count). The van der Waals surface area contributed by atoms with Gasteiger partial charge in [-0.3, -0.25) is 9.59 Å². The van der Waals surface area contributed by atoms with Crippen molar-refractivity contribution in [1.82, 2.24) is 5.32 Å². The highest BCUT2D eigenvalue weighted by molar-refractivity contribution is 5.78. The van der Waals surface area contributed by atoms with Crippen molar-refractivity contribution in [2.75, 3.05) is 6.54 Å². The second-order valence-electron chi connectivity index (χ2n) is 24.5. The van der Waals surface area contributed by atoms with Gasteiger partial charge in [0.05, 0.1) is 6.10 Å². The van der Waals surface area contributed by atoms with E-state index in [0.717, 1.165) is 51.4 Å². The number of ketones is 1. The molecule has 1 atom stereocenters. The van der Waals surface area contributed by atoms with Gasteiger partial charge in [-0.15, -0.1) is 0 Å². The van der Waals surface area contributed by atoms with Crippen LogP contribution in [0.15, 0.2) is 0 Å². The molecule has 0 aliphatic carbocycles. The lowest BCUT2D eigenvalue weighted by atomic mass is 10.0. The van der Waals surface area contributed by atoms with Crippen LogP contribution >= 0.6 is 0 Å². The maximum Gasteiger partial charge on any atom is 0.220 e. The number of aliphatic hydroxyl groups is 1. The van der Waals surface area contributed by atoms with Gasteiger partial charge in [0.15, 0.2) is 0 Å². The summed E-state index contributed by atoms with van der Waals surface area (Å²) >= 11 is 0. The van der Waals surface area contributed by atoms with E-state index in [-0.39, 0.29) is 5.91 Å². The molecule has 442 valence electrons. The molecule has 0 fully saturated rings. The monoisotopic (exact) mass is 1040 g/mol. The van der Waals surface area contributed by atoms with Gasteiger partial charge in [-0.1, -0.05) is 380 Å². The Labute approximate surface area is 467 Å². The molecule has 0 aliphatic heterocycles. The minimum Gasteiger partial charge on any atom is -0.391 e. The summed E-state index contributed by atoms with van der Waals surface area (Å²) in [5.41, 5.74) is 0. The first kappa shape index (κ1) is 73.1. The molecule has 0 aromatic heterocycles. The van der Waals surface area contributed by atoms with E-state index < -0.39 is 6.10 Å². The van der Waals surface area contributed by atoms with Crippen LogP contribution in [0, 0.1) is 0 Å². The van der Waals surface area contributed by atoms with Gasteiger partial charge in [0.1, 0.15) is 5.78 Å². The van der Waals surface area contributed by atoms with Crippen LogP contribution in [0.5, 0.6) is 0 Å². The molecule has 4 heteroatoms. The molecule has 1 amide bonds. The standard InChI is InChI=1S/C70H139NO3/c1-3-5-7-9-11-13-15-17-19-32-36-39-43-47-51-55-59-63-68(72)64-60-56-52-48-44-40-37-33-30-28-26-24-22-21-23-25-27-29-31-34-38-42-46-50-54-58-62-66-70(74)71-67-69(73)65-61-57-53-49-45-41-35-20-18-16-14-12-10-8-6-4-2/h69,73H,3-67H2,1-2H3,(H,71,74)/t69-/m1/s1. The highest BCUT2D eigenvalue weighted by Gasteiger charge is 2.08. The Morgan fingerprint density at radius 3 is 0.649 bits per heavy atom. The number of hydrogen-bond donors (Lipinski definition) is 2. The Kier molecular flexibility index (Phi) is 65.6. The van der Waals surface area contributed by atoms with E-state index in [1.165, 1.54) is 353 Å².